The molecule has 0 spiro atoms. The van der Waals surface area contributed by atoms with Gasteiger partial charge in [0.05, 0.1) is 17.5 Å². The molecule has 2 fully saturated rings. The van der Waals surface area contributed by atoms with Crippen molar-refractivity contribution in [3.63, 3.8) is 0 Å². The fraction of sp³-hybridized carbons (Fsp3) is 0.391. The van der Waals surface area contributed by atoms with Crippen LogP contribution in [0.4, 0.5) is 13.2 Å². The molecule has 2 aliphatic rings. The first-order valence-electron chi connectivity index (χ1n) is 10.3. The second-order valence-corrected chi connectivity index (χ2v) is 8.19. The lowest BCUT2D eigenvalue weighted by atomic mass is 10.0. The van der Waals surface area contributed by atoms with Crippen LogP contribution in [0.15, 0.2) is 54.6 Å². The summed E-state index contributed by atoms with van der Waals surface area (Å²) in [6, 6.07) is 14.8. The zero-order valence-electron chi connectivity index (χ0n) is 16.9. The van der Waals surface area contributed by atoms with Crippen molar-refractivity contribution in [3.8, 4) is 0 Å². The number of likely N-dealkylation sites (tertiary alicyclic amines) is 2. The van der Waals surface area contributed by atoms with Gasteiger partial charge in [-0.3, -0.25) is 14.5 Å². The van der Waals surface area contributed by atoms with Crippen molar-refractivity contribution in [2.45, 2.75) is 31.7 Å². The Morgan fingerprint density at radius 3 is 2.29 bits per heavy atom. The maximum Gasteiger partial charge on any atom is 0.416 e. The van der Waals surface area contributed by atoms with Gasteiger partial charge in [0.1, 0.15) is 0 Å². The van der Waals surface area contributed by atoms with Crippen LogP contribution < -0.4 is 5.32 Å². The second-order valence-electron chi connectivity index (χ2n) is 8.19. The van der Waals surface area contributed by atoms with E-state index in [1.54, 1.807) is 4.90 Å². The van der Waals surface area contributed by atoms with Crippen LogP contribution in [0.5, 0.6) is 0 Å². The molecule has 8 heteroatoms. The van der Waals surface area contributed by atoms with E-state index in [9.17, 15) is 22.8 Å². The summed E-state index contributed by atoms with van der Waals surface area (Å²) >= 11 is 0. The lowest BCUT2D eigenvalue weighted by Gasteiger charge is -2.44. The molecule has 2 aliphatic heterocycles. The highest BCUT2D eigenvalue weighted by molar-refractivity contribution is 5.89. The summed E-state index contributed by atoms with van der Waals surface area (Å²) in [6.45, 7) is 2.71. The molecule has 5 nitrogen and oxygen atoms in total. The zero-order valence-corrected chi connectivity index (χ0v) is 16.9. The summed E-state index contributed by atoms with van der Waals surface area (Å²) in [7, 11) is 0. The lowest BCUT2D eigenvalue weighted by molar-refractivity contribution is -0.137. The van der Waals surface area contributed by atoms with E-state index in [-0.39, 0.29) is 30.2 Å². The van der Waals surface area contributed by atoms with Crippen molar-refractivity contribution in [2.24, 2.45) is 5.92 Å². The number of rotatable bonds is 6. The molecule has 164 valence electrons. The van der Waals surface area contributed by atoms with E-state index < -0.39 is 11.7 Å². The van der Waals surface area contributed by atoms with E-state index in [1.165, 1.54) is 12.1 Å². The number of benzene rings is 2. The average Bonchev–Trinajstić information content (AvgIpc) is 3.10. The van der Waals surface area contributed by atoms with Crippen LogP contribution in [0, 0.1) is 5.92 Å². The van der Waals surface area contributed by atoms with Gasteiger partial charge in [0.15, 0.2) is 0 Å². The van der Waals surface area contributed by atoms with Gasteiger partial charge in [-0.15, -0.1) is 0 Å². The molecular formula is C23H24F3N3O2. The van der Waals surface area contributed by atoms with Crippen molar-refractivity contribution >= 4 is 11.8 Å². The van der Waals surface area contributed by atoms with E-state index in [1.807, 2.05) is 30.3 Å². The molecule has 0 aromatic heterocycles. The number of halogens is 3. The van der Waals surface area contributed by atoms with Crippen LogP contribution in [0.1, 0.15) is 23.1 Å². The Bertz CT molecular complexity index is 925. The monoisotopic (exact) mass is 431 g/mol. The number of carbonyl (C=O) groups is 2. The van der Waals surface area contributed by atoms with Gasteiger partial charge < -0.3 is 10.2 Å². The van der Waals surface area contributed by atoms with Gasteiger partial charge in [-0.1, -0.05) is 42.5 Å². The molecule has 2 saturated heterocycles. The Morgan fingerprint density at radius 2 is 1.65 bits per heavy atom. The molecule has 0 bridgehead atoms. The molecule has 0 saturated carbocycles. The third-order valence-corrected chi connectivity index (χ3v) is 5.90. The highest BCUT2D eigenvalue weighted by Crippen LogP contribution is 2.30. The standard InChI is InChI=1S/C23H24F3N3O2/c24-23(25,26)19-8-6-17(7-9-19)12-28-14-20(15-28)29-13-18(10-21(29)30)22(31)27-11-16-4-2-1-3-5-16/h1-9,18,20H,10-15H2,(H,27,31). The maximum atomic E-state index is 12.7. The van der Waals surface area contributed by atoms with Crippen LogP contribution >= 0.6 is 0 Å². The summed E-state index contributed by atoms with van der Waals surface area (Å²) in [5.74, 6) is -0.472. The van der Waals surface area contributed by atoms with Gasteiger partial charge in [-0.05, 0) is 23.3 Å². The molecule has 0 aliphatic carbocycles. The zero-order chi connectivity index (χ0) is 22.0. The summed E-state index contributed by atoms with van der Waals surface area (Å²) in [5.41, 5.74) is 1.16. The van der Waals surface area contributed by atoms with Gasteiger partial charge >= 0.3 is 6.18 Å². The SMILES string of the molecule is O=C(NCc1ccccc1)C1CC(=O)N(C2CN(Cc3ccc(C(F)(F)F)cc3)C2)C1. The first kappa shape index (κ1) is 21.4. The van der Waals surface area contributed by atoms with Gasteiger partial charge in [-0.25, -0.2) is 0 Å². The Morgan fingerprint density at radius 1 is 0.968 bits per heavy atom. The highest BCUT2D eigenvalue weighted by Gasteiger charge is 2.42. The largest absolute Gasteiger partial charge is 0.416 e. The Balaban J connectivity index is 1.23. The van der Waals surface area contributed by atoms with Crippen molar-refractivity contribution < 1.29 is 22.8 Å². The van der Waals surface area contributed by atoms with E-state index in [0.717, 1.165) is 23.3 Å². The van der Waals surface area contributed by atoms with Crippen molar-refractivity contribution in [1.29, 1.82) is 0 Å². The Labute approximate surface area is 178 Å². The molecule has 31 heavy (non-hydrogen) atoms. The minimum atomic E-state index is -4.33. The fourth-order valence-corrected chi connectivity index (χ4v) is 4.12. The van der Waals surface area contributed by atoms with Crippen molar-refractivity contribution in [3.05, 3.63) is 71.3 Å². The number of nitrogens with zero attached hydrogens (tertiary/aromatic N) is 2. The molecule has 1 atom stereocenters. The number of amides is 2. The first-order valence-corrected chi connectivity index (χ1v) is 10.3. The predicted molar refractivity (Wildman–Crippen MR) is 109 cm³/mol. The Kier molecular flexibility index (Phi) is 6.00. The summed E-state index contributed by atoms with van der Waals surface area (Å²) in [6.07, 6.45) is -4.11. The van der Waals surface area contributed by atoms with E-state index in [0.29, 0.717) is 32.7 Å². The van der Waals surface area contributed by atoms with E-state index in [4.69, 9.17) is 0 Å². The third-order valence-electron chi connectivity index (χ3n) is 5.90. The minimum absolute atomic E-state index is 0.0148. The molecule has 2 aromatic carbocycles. The molecule has 1 N–H and O–H groups in total. The maximum absolute atomic E-state index is 12.7. The first-order chi connectivity index (χ1) is 14.8. The minimum Gasteiger partial charge on any atom is -0.352 e. The van der Waals surface area contributed by atoms with Crippen LogP contribution in [-0.4, -0.2) is 47.3 Å². The molecule has 2 heterocycles. The van der Waals surface area contributed by atoms with Crippen LogP contribution in [0.25, 0.3) is 0 Å². The summed E-state index contributed by atoms with van der Waals surface area (Å²) in [5, 5.41) is 2.91. The normalized spacial score (nSPS) is 20.0. The molecule has 2 aromatic rings. The number of alkyl halides is 3. The van der Waals surface area contributed by atoms with Crippen molar-refractivity contribution in [2.75, 3.05) is 19.6 Å². The number of nitrogens with one attached hydrogen (secondary N) is 1. The summed E-state index contributed by atoms with van der Waals surface area (Å²) < 4.78 is 38.0. The molecule has 4 rings (SSSR count). The fourth-order valence-electron chi connectivity index (χ4n) is 4.12. The van der Waals surface area contributed by atoms with Gasteiger partial charge in [0, 0.05) is 39.1 Å². The quantitative estimate of drug-likeness (QED) is 0.765. The smallest absolute Gasteiger partial charge is 0.352 e. The third kappa shape index (κ3) is 5.07. The highest BCUT2D eigenvalue weighted by atomic mass is 19.4. The average molecular weight is 431 g/mol. The Hall–Kier alpha value is -2.87. The van der Waals surface area contributed by atoms with E-state index >= 15 is 0 Å². The number of carbonyl (C=O) groups excluding carboxylic acids is 2. The van der Waals surface area contributed by atoms with Crippen LogP contribution in [0.3, 0.4) is 0 Å². The van der Waals surface area contributed by atoms with Crippen LogP contribution in [-0.2, 0) is 28.9 Å². The number of hydrogen-bond acceptors (Lipinski definition) is 3. The number of hydrogen-bond donors (Lipinski definition) is 1. The second kappa shape index (κ2) is 8.70. The molecule has 2 amide bonds. The predicted octanol–water partition coefficient (Wildman–Crippen LogP) is 3.05. The topological polar surface area (TPSA) is 52.7 Å². The summed E-state index contributed by atoms with van der Waals surface area (Å²) in [4.78, 5) is 28.7. The van der Waals surface area contributed by atoms with Crippen LogP contribution in [0.2, 0.25) is 0 Å². The van der Waals surface area contributed by atoms with Crippen molar-refractivity contribution in [1.82, 2.24) is 15.1 Å². The lowest BCUT2D eigenvalue weighted by Crippen LogP contribution is -2.59. The molecule has 0 radical (unpaired) electrons. The van der Waals surface area contributed by atoms with E-state index in [2.05, 4.69) is 10.2 Å². The van der Waals surface area contributed by atoms with Gasteiger partial charge in [-0.2, -0.15) is 13.2 Å². The van der Waals surface area contributed by atoms with Gasteiger partial charge in [0.25, 0.3) is 0 Å². The molecule has 1 unspecified atom stereocenters. The van der Waals surface area contributed by atoms with Gasteiger partial charge in [0.2, 0.25) is 11.8 Å². The molecular weight excluding hydrogens is 407 g/mol.